The fraction of sp³-hybridized carbons (Fsp3) is 0.170. The number of nitrogens with one attached hydrogen (secondary N) is 3. The van der Waals surface area contributed by atoms with Crippen LogP contribution in [-0.2, 0) is 11.3 Å². The van der Waals surface area contributed by atoms with Gasteiger partial charge in [-0.1, -0.05) is 12.1 Å². The van der Waals surface area contributed by atoms with Gasteiger partial charge in [-0.15, -0.1) is 0 Å². The number of nitrogens with zero attached hydrogens (tertiary/aromatic N) is 1. The summed E-state index contributed by atoms with van der Waals surface area (Å²) in [6.07, 6.45) is 0.912. The molecule has 1 unspecified atom stereocenters. The Hall–Kier alpha value is -8.27. The van der Waals surface area contributed by atoms with Crippen LogP contribution in [-0.4, -0.2) is 82.6 Å². The molecule has 16 nitrogen and oxygen atoms in total. The van der Waals surface area contributed by atoms with Gasteiger partial charge in [-0.25, -0.2) is 14.4 Å². The van der Waals surface area contributed by atoms with E-state index in [1.165, 1.54) is 54.6 Å². The molecule has 2 amide bonds. The number of carboxylic acid groups (broad SMARTS) is 3. The number of phenolic OH excluding ortho intramolecular Hbond substituents is 1. The van der Waals surface area contributed by atoms with E-state index in [0.29, 0.717) is 52.8 Å². The van der Waals surface area contributed by atoms with Crippen LogP contribution >= 0.6 is 0 Å². The second-order valence-corrected chi connectivity index (χ2v) is 15.4. The molecular formula is C47H38N4O12. The van der Waals surface area contributed by atoms with Crippen LogP contribution in [0.4, 0.5) is 5.69 Å². The topological polar surface area (TPSA) is 257 Å². The van der Waals surface area contributed by atoms with E-state index in [2.05, 4.69) is 10.6 Å². The predicted octanol–water partition coefficient (Wildman–Crippen LogP) is 6.24. The number of hydrogen-bond donors (Lipinski definition) is 7. The van der Waals surface area contributed by atoms with E-state index in [-0.39, 0.29) is 61.6 Å². The van der Waals surface area contributed by atoms with Crippen molar-refractivity contribution in [2.45, 2.75) is 31.9 Å². The number of aromatic carboxylic acids is 3. The number of aromatic hydroxyl groups is 1. The van der Waals surface area contributed by atoms with Crippen molar-refractivity contribution in [3.63, 3.8) is 0 Å². The van der Waals surface area contributed by atoms with Gasteiger partial charge >= 0.3 is 17.9 Å². The van der Waals surface area contributed by atoms with Gasteiger partial charge in [-0.3, -0.25) is 14.4 Å². The van der Waals surface area contributed by atoms with E-state index in [0.717, 1.165) is 17.3 Å². The molecule has 0 bridgehead atoms. The first-order valence-electron chi connectivity index (χ1n) is 19.6. The second-order valence-electron chi connectivity index (χ2n) is 15.4. The Balaban J connectivity index is 1.05. The highest BCUT2D eigenvalue weighted by Crippen LogP contribution is 2.47. The van der Waals surface area contributed by atoms with Crippen LogP contribution in [0.25, 0.3) is 39.0 Å². The lowest BCUT2D eigenvalue weighted by molar-refractivity contribution is -0.120. The SMILES string of the molecule is CN(C)c1ccc2c(c1)OC1CC(=N)CCC1=C2c1ccc(C(=O)NCC(=O)NCc2c3oc4cc(O)ccc4c(-c4ccc(C(=O)O)cc4C(=O)O)c-3ccc2=O)cc1C(=O)O. The van der Waals surface area contributed by atoms with Crippen molar-refractivity contribution in [1.29, 1.82) is 5.41 Å². The maximum atomic E-state index is 13.4. The first kappa shape index (κ1) is 41.5. The van der Waals surface area contributed by atoms with E-state index in [4.69, 9.17) is 14.6 Å². The minimum Gasteiger partial charge on any atom is -0.508 e. The van der Waals surface area contributed by atoms with Crippen LogP contribution < -0.4 is 25.7 Å². The lowest BCUT2D eigenvalue weighted by atomic mass is 9.79. The third-order valence-corrected chi connectivity index (χ3v) is 11.2. The lowest BCUT2D eigenvalue weighted by Gasteiger charge is -2.35. The molecule has 7 N–H and O–H groups in total. The predicted molar refractivity (Wildman–Crippen MR) is 230 cm³/mol. The summed E-state index contributed by atoms with van der Waals surface area (Å²) in [6, 6.07) is 20.2. The Bertz CT molecular complexity index is 3040. The molecule has 2 heterocycles. The number of carbonyl (C=O) groups excluding carboxylic acids is 2. The normalized spacial score (nSPS) is 14.4. The summed E-state index contributed by atoms with van der Waals surface area (Å²) in [4.78, 5) is 78.8. The minimum atomic E-state index is -1.42. The van der Waals surface area contributed by atoms with Crippen molar-refractivity contribution in [3.8, 4) is 33.9 Å². The third kappa shape index (κ3) is 7.80. The van der Waals surface area contributed by atoms with Crippen LogP contribution in [0.3, 0.4) is 0 Å². The molecule has 318 valence electrons. The molecule has 0 aromatic heterocycles. The largest absolute Gasteiger partial charge is 0.508 e. The van der Waals surface area contributed by atoms with Crippen LogP contribution in [0.1, 0.15) is 77.4 Å². The third-order valence-electron chi connectivity index (χ3n) is 11.2. The van der Waals surface area contributed by atoms with Gasteiger partial charge in [-0.2, -0.15) is 0 Å². The molecule has 4 aromatic rings. The maximum absolute atomic E-state index is 13.4. The zero-order chi connectivity index (χ0) is 44.9. The Morgan fingerprint density at radius 3 is 2.17 bits per heavy atom. The fourth-order valence-electron chi connectivity index (χ4n) is 8.13. The fourth-order valence-corrected chi connectivity index (χ4v) is 8.13. The summed E-state index contributed by atoms with van der Waals surface area (Å²) in [6.45, 7) is -0.972. The quantitative estimate of drug-likeness (QED) is 0.0713. The van der Waals surface area contributed by atoms with Gasteiger partial charge in [0.15, 0.2) is 5.43 Å². The molecular weight excluding hydrogens is 813 g/mol. The van der Waals surface area contributed by atoms with Crippen LogP contribution in [0, 0.1) is 5.41 Å². The molecule has 0 spiro atoms. The Morgan fingerprint density at radius 2 is 1.44 bits per heavy atom. The number of anilines is 1. The average molecular weight is 851 g/mol. The summed E-state index contributed by atoms with van der Waals surface area (Å²) < 4.78 is 12.5. The van der Waals surface area contributed by atoms with Crippen molar-refractivity contribution in [2.24, 2.45) is 0 Å². The van der Waals surface area contributed by atoms with Crippen molar-refractivity contribution in [1.82, 2.24) is 10.6 Å². The minimum absolute atomic E-state index is 0.0266. The molecule has 1 atom stereocenters. The van der Waals surface area contributed by atoms with Crippen LogP contribution in [0.2, 0.25) is 0 Å². The number of rotatable bonds is 11. The highest BCUT2D eigenvalue weighted by molar-refractivity contribution is 6.09. The number of amides is 2. The van der Waals surface area contributed by atoms with Gasteiger partial charge in [0.2, 0.25) is 5.91 Å². The number of ether oxygens (including phenoxy) is 1. The molecule has 1 saturated carbocycles. The monoisotopic (exact) mass is 850 g/mol. The van der Waals surface area contributed by atoms with E-state index in [1.54, 1.807) is 6.07 Å². The highest BCUT2D eigenvalue weighted by atomic mass is 16.5. The summed E-state index contributed by atoms with van der Waals surface area (Å²) >= 11 is 0. The zero-order valence-electron chi connectivity index (χ0n) is 33.7. The molecule has 4 aliphatic rings. The molecule has 63 heavy (non-hydrogen) atoms. The summed E-state index contributed by atoms with van der Waals surface area (Å²) in [5, 5.41) is 54.1. The molecule has 0 saturated heterocycles. The van der Waals surface area contributed by atoms with Gasteiger partial charge < -0.3 is 50.5 Å². The Labute approximate surface area is 357 Å². The van der Waals surface area contributed by atoms with Crippen molar-refractivity contribution in [3.05, 3.63) is 140 Å². The number of hydrogen-bond acceptors (Lipinski definition) is 11. The van der Waals surface area contributed by atoms with Crippen LogP contribution in [0.15, 0.2) is 99.7 Å². The van der Waals surface area contributed by atoms with Gasteiger partial charge in [-0.05, 0) is 95.8 Å². The standard InChI is InChI=1S/C47H38N4O12/c1-51(2)25-6-11-30-38(18-25)62-37-17-24(48)5-10-29(37)41(30)27-8-3-22(15-33(27)46(58)59)44(55)50-21-40(54)49-20-35-36(53)14-13-32-42(31-12-7-26(52)19-39(31)63-43(32)35)28-9-4-23(45(56)57)16-34(28)47(60)61/h3-4,6-9,11-16,18-19,37,48,52H,5,10,17,20-21H2,1-2H3,(H,49,54)(H,50,55)(H,56,57)(H,58,59)(H,60,61). The van der Waals surface area contributed by atoms with E-state index < -0.39 is 54.3 Å². The maximum Gasteiger partial charge on any atom is 0.336 e. The summed E-state index contributed by atoms with van der Waals surface area (Å²) in [5.41, 5.74) is 3.34. The Morgan fingerprint density at radius 1 is 0.762 bits per heavy atom. The molecule has 0 radical (unpaired) electrons. The average Bonchev–Trinajstić information content (AvgIpc) is 3.25. The lowest BCUT2D eigenvalue weighted by Crippen LogP contribution is -2.37. The summed E-state index contributed by atoms with van der Waals surface area (Å²) in [5.74, 6) is -5.18. The van der Waals surface area contributed by atoms with Gasteiger partial charge in [0, 0.05) is 71.7 Å². The molecule has 2 aliphatic carbocycles. The van der Waals surface area contributed by atoms with Crippen molar-refractivity contribution in [2.75, 3.05) is 25.5 Å². The first-order chi connectivity index (χ1) is 30.1. The van der Waals surface area contributed by atoms with Gasteiger partial charge in [0.1, 0.15) is 28.9 Å². The van der Waals surface area contributed by atoms with Crippen LogP contribution in [0.5, 0.6) is 11.5 Å². The number of carbonyl (C=O) groups is 5. The molecule has 16 heteroatoms. The van der Waals surface area contributed by atoms with E-state index in [1.807, 2.05) is 37.2 Å². The number of fused-ring (bicyclic) bond motifs is 4. The highest BCUT2D eigenvalue weighted by Gasteiger charge is 2.35. The van der Waals surface area contributed by atoms with Crippen molar-refractivity contribution < 1.29 is 53.6 Å². The molecule has 1 fully saturated rings. The smallest absolute Gasteiger partial charge is 0.336 e. The molecule has 2 aliphatic heterocycles. The molecule has 4 aromatic carbocycles. The first-order valence-corrected chi connectivity index (χ1v) is 19.6. The van der Waals surface area contributed by atoms with E-state index >= 15 is 0 Å². The second kappa shape index (κ2) is 16.3. The number of phenols is 1. The number of carboxylic acids is 3. The van der Waals surface area contributed by atoms with Gasteiger partial charge in [0.05, 0.1) is 35.3 Å². The van der Waals surface area contributed by atoms with Crippen molar-refractivity contribution >= 4 is 57.7 Å². The zero-order valence-corrected chi connectivity index (χ0v) is 33.7. The molecule has 8 rings (SSSR count). The van der Waals surface area contributed by atoms with Gasteiger partial charge in [0.25, 0.3) is 5.91 Å². The Kier molecular flexibility index (Phi) is 10.7. The number of benzene rings is 5. The van der Waals surface area contributed by atoms with E-state index in [9.17, 15) is 49.2 Å². The summed E-state index contributed by atoms with van der Waals surface area (Å²) in [7, 11) is 3.78.